The van der Waals surface area contributed by atoms with Crippen LogP contribution in [0.15, 0.2) is 35.5 Å². The Hall–Kier alpha value is -2.22. The highest BCUT2D eigenvalue weighted by Gasteiger charge is 2.16. The molecule has 0 aliphatic heterocycles. The normalized spacial score (nSPS) is 11.5. The lowest BCUT2D eigenvalue weighted by Gasteiger charge is -2.08. The molecule has 2 rings (SSSR count). The second-order valence-corrected chi connectivity index (χ2v) is 5.96. The van der Waals surface area contributed by atoms with Crippen LogP contribution in [-0.4, -0.2) is 30.3 Å². The molecule has 1 heterocycles. The molecule has 0 spiro atoms. The molecule has 0 aliphatic rings. The van der Waals surface area contributed by atoms with Crippen molar-refractivity contribution in [1.82, 2.24) is 9.78 Å². The first-order valence-corrected chi connectivity index (χ1v) is 7.08. The number of hydrogen-bond acceptors (Lipinski definition) is 4. The maximum Gasteiger partial charge on any atom is 0.178 e. The zero-order valence-corrected chi connectivity index (χ0v) is 10.8. The van der Waals surface area contributed by atoms with Crippen molar-refractivity contribution < 1.29 is 12.8 Å². The van der Waals surface area contributed by atoms with Crippen LogP contribution in [0.1, 0.15) is 5.56 Å². The summed E-state index contributed by atoms with van der Waals surface area (Å²) in [6, 6.07) is 4.10. The predicted octanol–water partition coefficient (Wildman–Crippen LogP) is 0.699. The molecule has 6 nitrogen and oxygen atoms in total. The molecule has 0 amide bonds. The number of nitrogen functional groups attached to an aromatic ring is 1. The average Bonchev–Trinajstić information content (AvgIpc) is 2.76. The lowest BCUT2D eigenvalue weighted by atomic mass is 10.1. The summed E-state index contributed by atoms with van der Waals surface area (Å²) in [5.41, 5.74) is 5.42. The van der Waals surface area contributed by atoms with Crippen LogP contribution in [-0.2, 0) is 9.84 Å². The van der Waals surface area contributed by atoms with E-state index in [2.05, 4.69) is 5.10 Å². The van der Waals surface area contributed by atoms with Gasteiger partial charge in [-0.1, -0.05) is 6.07 Å². The molecule has 0 saturated carbocycles. The molecular formula is C11H11FN4O2S. The summed E-state index contributed by atoms with van der Waals surface area (Å²) in [4.78, 5) is 0.00580. The summed E-state index contributed by atoms with van der Waals surface area (Å²) in [5, 5.41) is 11.2. The number of halogens is 1. The highest BCUT2D eigenvalue weighted by Crippen LogP contribution is 2.18. The van der Waals surface area contributed by atoms with E-state index in [4.69, 9.17) is 11.1 Å². The van der Waals surface area contributed by atoms with Gasteiger partial charge in [0.25, 0.3) is 0 Å². The van der Waals surface area contributed by atoms with Crippen molar-refractivity contribution in [2.45, 2.75) is 4.90 Å². The number of nitrogens with two attached hydrogens (primary N) is 1. The van der Waals surface area contributed by atoms with E-state index >= 15 is 0 Å². The molecule has 3 N–H and O–H groups in total. The molecule has 100 valence electrons. The van der Waals surface area contributed by atoms with Crippen molar-refractivity contribution in [2.24, 2.45) is 5.73 Å². The van der Waals surface area contributed by atoms with E-state index in [-0.39, 0.29) is 16.1 Å². The molecule has 2 aromatic rings. The summed E-state index contributed by atoms with van der Waals surface area (Å²) in [5.74, 6) is -1.12. The van der Waals surface area contributed by atoms with Crippen molar-refractivity contribution in [2.75, 3.05) is 6.26 Å². The molecule has 1 aromatic heterocycles. The van der Waals surface area contributed by atoms with Gasteiger partial charge in [-0.05, 0) is 12.1 Å². The zero-order valence-electron chi connectivity index (χ0n) is 9.96. The molecule has 0 saturated heterocycles. The number of hydrogen-bond donors (Lipinski definition) is 2. The highest BCUT2D eigenvalue weighted by atomic mass is 32.2. The zero-order chi connectivity index (χ0) is 14.2. The van der Waals surface area contributed by atoms with E-state index in [9.17, 15) is 12.8 Å². The maximum absolute atomic E-state index is 13.6. The van der Waals surface area contributed by atoms with Crippen LogP contribution in [0.3, 0.4) is 0 Å². The van der Waals surface area contributed by atoms with Gasteiger partial charge in [-0.3, -0.25) is 5.41 Å². The summed E-state index contributed by atoms with van der Waals surface area (Å²) in [7, 11) is -3.40. The fourth-order valence-corrected chi connectivity index (χ4v) is 2.13. The van der Waals surface area contributed by atoms with E-state index in [0.29, 0.717) is 0 Å². The number of sulfone groups is 1. The van der Waals surface area contributed by atoms with Crippen LogP contribution in [0.2, 0.25) is 0 Å². The minimum Gasteiger partial charge on any atom is -0.384 e. The third-order valence-electron chi connectivity index (χ3n) is 2.49. The van der Waals surface area contributed by atoms with Gasteiger partial charge in [0.15, 0.2) is 9.84 Å². The largest absolute Gasteiger partial charge is 0.384 e. The second-order valence-electron chi connectivity index (χ2n) is 3.94. The van der Waals surface area contributed by atoms with E-state index in [1.54, 1.807) is 0 Å². The molecule has 0 radical (unpaired) electrons. The number of aromatic nitrogens is 2. The Morgan fingerprint density at radius 2 is 2.16 bits per heavy atom. The van der Waals surface area contributed by atoms with Crippen molar-refractivity contribution >= 4 is 15.7 Å². The van der Waals surface area contributed by atoms with Gasteiger partial charge in [0, 0.05) is 12.5 Å². The highest BCUT2D eigenvalue weighted by molar-refractivity contribution is 7.90. The second kappa shape index (κ2) is 4.47. The number of rotatable bonds is 3. The van der Waals surface area contributed by atoms with E-state index in [1.165, 1.54) is 29.1 Å². The van der Waals surface area contributed by atoms with Crippen LogP contribution in [0.5, 0.6) is 0 Å². The molecule has 8 heteroatoms. The smallest absolute Gasteiger partial charge is 0.178 e. The standard InChI is InChI=1S/C11H11FN4O2S/c1-19(17,18)7-5-15-16(6-7)9-4-2-3-8(12)10(9)11(13)14/h2-6H,1H3,(H3,13,14). The number of nitrogens with zero attached hydrogens (tertiary/aromatic N) is 2. The monoisotopic (exact) mass is 282 g/mol. The molecule has 19 heavy (non-hydrogen) atoms. The SMILES string of the molecule is CS(=O)(=O)c1cnn(-c2cccc(F)c2C(=N)N)c1. The van der Waals surface area contributed by atoms with Crippen LogP contribution < -0.4 is 5.73 Å². The van der Waals surface area contributed by atoms with Gasteiger partial charge in [-0.25, -0.2) is 17.5 Å². The Morgan fingerprint density at radius 3 is 2.68 bits per heavy atom. The predicted molar refractivity (Wildman–Crippen MR) is 67.6 cm³/mol. The molecule has 0 unspecified atom stereocenters. The third-order valence-corrected chi connectivity index (χ3v) is 3.56. The minimum absolute atomic E-state index is 0.00580. The van der Waals surface area contributed by atoms with Gasteiger partial charge < -0.3 is 5.73 Å². The van der Waals surface area contributed by atoms with Gasteiger partial charge in [0.05, 0.1) is 17.4 Å². The van der Waals surface area contributed by atoms with Gasteiger partial charge in [-0.15, -0.1) is 0 Å². The lowest BCUT2D eigenvalue weighted by Crippen LogP contribution is -2.17. The number of benzene rings is 1. The van der Waals surface area contributed by atoms with Gasteiger partial charge >= 0.3 is 0 Å². The first-order valence-electron chi connectivity index (χ1n) is 5.18. The number of nitrogens with one attached hydrogen (secondary N) is 1. The van der Waals surface area contributed by atoms with Crippen LogP contribution >= 0.6 is 0 Å². The molecule has 0 bridgehead atoms. The van der Waals surface area contributed by atoms with E-state index in [0.717, 1.165) is 12.5 Å². The van der Waals surface area contributed by atoms with Crippen LogP contribution in [0.4, 0.5) is 4.39 Å². The molecule has 0 fully saturated rings. The van der Waals surface area contributed by atoms with E-state index in [1.807, 2.05) is 0 Å². The summed E-state index contributed by atoms with van der Waals surface area (Å²) in [6.07, 6.45) is 3.45. The lowest BCUT2D eigenvalue weighted by molar-refractivity contribution is 0.602. The average molecular weight is 282 g/mol. The Kier molecular flexibility index (Phi) is 3.11. The Bertz CT molecular complexity index is 752. The fourth-order valence-electron chi connectivity index (χ4n) is 1.60. The summed E-state index contributed by atoms with van der Waals surface area (Å²) >= 11 is 0. The van der Waals surface area contributed by atoms with Crippen molar-refractivity contribution in [3.63, 3.8) is 0 Å². The first kappa shape index (κ1) is 13.2. The van der Waals surface area contributed by atoms with Gasteiger partial charge in [-0.2, -0.15) is 5.10 Å². The first-order chi connectivity index (χ1) is 8.80. The van der Waals surface area contributed by atoms with Crippen molar-refractivity contribution in [3.05, 3.63) is 42.0 Å². The van der Waals surface area contributed by atoms with Gasteiger partial charge in [0.2, 0.25) is 0 Å². The Balaban J connectivity index is 2.63. The Labute approximate surface area is 109 Å². The maximum atomic E-state index is 13.6. The molecular weight excluding hydrogens is 271 g/mol. The summed E-state index contributed by atoms with van der Waals surface area (Å²) in [6.45, 7) is 0. The molecule has 0 aliphatic carbocycles. The van der Waals surface area contributed by atoms with Crippen molar-refractivity contribution in [3.8, 4) is 5.69 Å². The third kappa shape index (κ3) is 2.48. The topological polar surface area (TPSA) is 102 Å². The minimum atomic E-state index is -3.40. The molecule has 0 atom stereocenters. The Morgan fingerprint density at radius 1 is 1.47 bits per heavy atom. The van der Waals surface area contributed by atoms with Crippen LogP contribution in [0, 0.1) is 11.2 Å². The van der Waals surface area contributed by atoms with Crippen molar-refractivity contribution in [1.29, 1.82) is 5.41 Å². The van der Waals surface area contributed by atoms with Crippen LogP contribution in [0.25, 0.3) is 5.69 Å². The number of amidine groups is 1. The van der Waals surface area contributed by atoms with Gasteiger partial charge in [0.1, 0.15) is 16.5 Å². The quantitative estimate of drug-likeness (QED) is 0.639. The van der Waals surface area contributed by atoms with E-state index < -0.39 is 21.5 Å². The summed E-state index contributed by atoms with van der Waals surface area (Å²) < 4.78 is 37.6. The fraction of sp³-hybridized carbons (Fsp3) is 0.0909. The molecule has 1 aromatic carbocycles.